The summed E-state index contributed by atoms with van der Waals surface area (Å²) in [6.45, 7) is 13.0. The lowest BCUT2D eigenvalue weighted by Crippen LogP contribution is -1.83. The van der Waals surface area contributed by atoms with E-state index in [9.17, 15) is 0 Å². The van der Waals surface area contributed by atoms with Gasteiger partial charge in [-0.2, -0.15) is 0 Å². The van der Waals surface area contributed by atoms with Gasteiger partial charge in [0.1, 0.15) is 0 Å². The van der Waals surface area contributed by atoms with Crippen LogP contribution in [0, 0.1) is 27.7 Å². The van der Waals surface area contributed by atoms with Crippen molar-refractivity contribution in [1.82, 2.24) is 0 Å². The molecule has 156 valence electrons. The molecule has 0 heterocycles. The first-order valence-corrected chi connectivity index (χ1v) is 11.0. The van der Waals surface area contributed by atoms with Gasteiger partial charge in [0.05, 0.1) is 0 Å². The van der Waals surface area contributed by atoms with Crippen LogP contribution >= 0.6 is 0 Å². The molecule has 0 amide bonds. The number of aryl methyl sites for hydroxylation is 6. The molecule has 0 unspecified atom stereocenters. The average molecular weight is 397 g/mol. The van der Waals surface area contributed by atoms with Gasteiger partial charge in [-0.1, -0.05) is 121 Å². The van der Waals surface area contributed by atoms with Crippen molar-refractivity contribution >= 4 is 10.8 Å². The third-order valence-electron chi connectivity index (χ3n) is 5.04. The fourth-order valence-electron chi connectivity index (χ4n) is 3.68. The summed E-state index contributed by atoms with van der Waals surface area (Å²) in [5.41, 5.74) is 8.37. The van der Waals surface area contributed by atoms with Crippen LogP contribution in [-0.4, -0.2) is 0 Å². The van der Waals surface area contributed by atoms with Crippen molar-refractivity contribution in [1.29, 1.82) is 0 Å². The zero-order valence-corrected chi connectivity index (χ0v) is 19.5. The maximum Gasteiger partial charge on any atom is -0.0184 e. The molecule has 0 aliphatic heterocycles. The van der Waals surface area contributed by atoms with E-state index in [0.717, 1.165) is 12.8 Å². The maximum absolute atomic E-state index is 2.24. The van der Waals surface area contributed by atoms with Crippen LogP contribution in [0.25, 0.3) is 10.8 Å². The Bertz CT molecular complexity index is 899. The number of hydrogen-bond donors (Lipinski definition) is 0. The molecular formula is C30H36. The van der Waals surface area contributed by atoms with E-state index in [1.54, 1.807) is 0 Å². The molecule has 0 N–H and O–H groups in total. The van der Waals surface area contributed by atoms with Crippen molar-refractivity contribution in [2.75, 3.05) is 0 Å². The predicted molar refractivity (Wildman–Crippen MR) is 135 cm³/mol. The van der Waals surface area contributed by atoms with Gasteiger partial charge in [0.2, 0.25) is 0 Å². The largest absolute Gasteiger partial charge is 0.0616 e. The van der Waals surface area contributed by atoms with E-state index in [2.05, 4.69) is 126 Å². The van der Waals surface area contributed by atoms with Crippen LogP contribution in [0.3, 0.4) is 0 Å². The van der Waals surface area contributed by atoms with Gasteiger partial charge in [-0.25, -0.2) is 0 Å². The SMILES string of the molecule is CCc1cc(C)cc(C)c1.CCc1cc(C)cc(C)c1.c1ccc2ccccc2c1. The molecule has 0 radical (unpaired) electrons. The number of benzene rings is 4. The zero-order valence-electron chi connectivity index (χ0n) is 19.5. The first-order valence-electron chi connectivity index (χ1n) is 11.0. The summed E-state index contributed by atoms with van der Waals surface area (Å²) in [6, 6.07) is 30.1. The highest BCUT2D eigenvalue weighted by Gasteiger charge is 1.92. The molecule has 0 saturated heterocycles. The van der Waals surface area contributed by atoms with Crippen LogP contribution in [0.1, 0.15) is 47.2 Å². The van der Waals surface area contributed by atoms with Crippen LogP contribution in [0.15, 0.2) is 84.9 Å². The van der Waals surface area contributed by atoms with Crippen LogP contribution < -0.4 is 0 Å². The molecule has 0 saturated carbocycles. The molecule has 0 heteroatoms. The molecule has 4 aromatic rings. The summed E-state index contributed by atoms with van der Waals surface area (Å²) < 4.78 is 0. The molecule has 0 atom stereocenters. The molecular weight excluding hydrogens is 360 g/mol. The van der Waals surface area contributed by atoms with E-state index in [-0.39, 0.29) is 0 Å². The van der Waals surface area contributed by atoms with Gasteiger partial charge in [0.25, 0.3) is 0 Å². The Balaban J connectivity index is 0.000000160. The minimum Gasteiger partial charge on any atom is -0.0616 e. The van der Waals surface area contributed by atoms with Gasteiger partial charge in [-0.05, 0) is 62.4 Å². The highest BCUT2D eigenvalue weighted by molar-refractivity contribution is 5.82. The monoisotopic (exact) mass is 396 g/mol. The lowest BCUT2D eigenvalue weighted by atomic mass is 10.1. The van der Waals surface area contributed by atoms with Crippen molar-refractivity contribution in [2.45, 2.75) is 54.4 Å². The second kappa shape index (κ2) is 12.0. The standard InChI is InChI=1S/C10H8.2C10H14/c1-2-6-10-8-4-3-7-9(10)5-1;2*1-4-10-6-8(2)5-9(3)7-10/h1-8H;2*5-7H,4H2,1-3H3. The fourth-order valence-corrected chi connectivity index (χ4v) is 3.68. The van der Waals surface area contributed by atoms with Crippen LogP contribution in [-0.2, 0) is 12.8 Å². The van der Waals surface area contributed by atoms with Gasteiger partial charge in [-0.3, -0.25) is 0 Å². The molecule has 0 nitrogen and oxygen atoms in total. The van der Waals surface area contributed by atoms with Gasteiger partial charge < -0.3 is 0 Å². The Labute approximate surface area is 183 Å². The first kappa shape index (κ1) is 23.4. The van der Waals surface area contributed by atoms with Crippen molar-refractivity contribution in [3.05, 3.63) is 118 Å². The molecule has 0 aliphatic rings. The van der Waals surface area contributed by atoms with E-state index in [0.29, 0.717) is 0 Å². The Kier molecular flexibility index (Phi) is 9.35. The van der Waals surface area contributed by atoms with Crippen LogP contribution in [0.5, 0.6) is 0 Å². The Morgan fingerprint density at radius 3 is 0.933 bits per heavy atom. The van der Waals surface area contributed by atoms with E-state index < -0.39 is 0 Å². The highest BCUT2D eigenvalue weighted by atomic mass is 14.0. The molecule has 4 aromatic carbocycles. The lowest BCUT2D eigenvalue weighted by Gasteiger charge is -2.00. The smallest absolute Gasteiger partial charge is 0.0184 e. The van der Waals surface area contributed by atoms with Gasteiger partial charge >= 0.3 is 0 Å². The fraction of sp³-hybridized carbons (Fsp3) is 0.267. The molecule has 30 heavy (non-hydrogen) atoms. The van der Waals surface area contributed by atoms with E-state index in [1.165, 1.54) is 44.2 Å². The normalized spacial score (nSPS) is 9.93. The summed E-state index contributed by atoms with van der Waals surface area (Å²) >= 11 is 0. The molecule has 0 aliphatic carbocycles. The Hall–Kier alpha value is -2.86. The van der Waals surface area contributed by atoms with Crippen LogP contribution in [0.2, 0.25) is 0 Å². The molecule has 0 aromatic heterocycles. The van der Waals surface area contributed by atoms with Crippen molar-refractivity contribution in [3.8, 4) is 0 Å². The molecule has 4 rings (SSSR count). The summed E-state index contributed by atoms with van der Waals surface area (Å²) in [6.07, 6.45) is 2.28. The van der Waals surface area contributed by atoms with Gasteiger partial charge in [0, 0.05) is 0 Å². The van der Waals surface area contributed by atoms with E-state index in [1.807, 2.05) is 0 Å². The zero-order chi connectivity index (χ0) is 21.9. The summed E-state index contributed by atoms with van der Waals surface area (Å²) in [5.74, 6) is 0. The third kappa shape index (κ3) is 7.87. The summed E-state index contributed by atoms with van der Waals surface area (Å²) in [5, 5.41) is 2.62. The Morgan fingerprint density at radius 1 is 0.433 bits per heavy atom. The van der Waals surface area contributed by atoms with Crippen LogP contribution in [0.4, 0.5) is 0 Å². The summed E-state index contributed by atoms with van der Waals surface area (Å²) in [7, 11) is 0. The lowest BCUT2D eigenvalue weighted by molar-refractivity contribution is 1.12. The number of rotatable bonds is 2. The average Bonchev–Trinajstić information content (AvgIpc) is 2.73. The first-order chi connectivity index (χ1) is 14.4. The van der Waals surface area contributed by atoms with Crippen molar-refractivity contribution in [2.24, 2.45) is 0 Å². The van der Waals surface area contributed by atoms with Crippen molar-refractivity contribution < 1.29 is 0 Å². The van der Waals surface area contributed by atoms with E-state index >= 15 is 0 Å². The van der Waals surface area contributed by atoms with Gasteiger partial charge in [-0.15, -0.1) is 0 Å². The quantitative estimate of drug-likeness (QED) is 0.318. The topological polar surface area (TPSA) is 0 Å². The second-order valence-electron chi connectivity index (χ2n) is 8.05. The Morgan fingerprint density at radius 2 is 0.700 bits per heavy atom. The van der Waals surface area contributed by atoms with Gasteiger partial charge in [0.15, 0.2) is 0 Å². The number of hydrogen-bond acceptors (Lipinski definition) is 0. The number of fused-ring (bicyclic) bond motifs is 1. The van der Waals surface area contributed by atoms with E-state index in [4.69, 9.17) is 0 Å². The van der Waals surface area contributed by atoms with Crippen molar-refractivity contribution in [3.63, 3.8) is 0 Å². The molecule has 0 spiro atoms. The maximum atomic E-state index is 2.24. The molecule has 0 bridgehead atoms. The minimum atomic E-state index is 1.14. The summed E-state index contributed by atoms with van der Waals surface area (Å²) in [4.78, 5) is 0. The predicted octanol–water partition coefficient (Wildman–Crippen LogP) is 8.57. The molecule has 0 fully saturated rings. The minimum absolute atomic E-state index is 1.14. The third-order valence-corrected chi connectivity index (χ3v) is 5.04. The second-order valence-corrected chi connectivity index (χ2v) is 8.05. The highest BCUT2D eigenvalue weighted by Crippen LogP contribution is 2.11.